The maximum atomic E-state index is 14.5. The molecule has 4 aliphatic carbocycles. The Morgan fingerprint density at radius 1 is 1.02 bits per heavy atom. The number of piperidine rings is 1. The summed E-state index contributed by atoms with van der Waals surface area (Å²) < 4.78 is 27.0. The summed E-state index contributed by atoms with van der Waals surface area (Å²) in [7, 11) is -0.681. The highest BCUT2D eigenvalue weighted by atomic mass is 32.2. The normalized spacial score (nSPS) is 31.5. The van der Waals surface area contributed by atoms with Crippen LogP contribution >= 0.6 is 0 Å². The third kappa shape index (κ3) is 6.65. The third-order valence-electron chi connectivity index (χ3n) is 11.7. The molecule has 1 saturated heterocycles. The lowest BCUT2D eigenvalue weighted by Crippen LogP contribution is -2.80. The predicted octanol–water partition coefficient (Wildman–Crippen LogP) is 1.91. The average molecular weight is 693 g/mol. The van der Waals surface area contributed by atoms with Gasteiger partial charge in [-0.3, -0.25) is 24.5 Å². The number of fused-ring (bicyclic) bond motifs is 1. The first-order valence-corrected chi connectivity index (χ1v) is 19.3. The second kappa shape index (κ2) is 12.6. The van der Waals surface area contributed by atoms with Crippen molar-refractivity contribution in [1.82, 2.24) is 30.5 Å². The lowest BCUT2D eigenvalue weighted by molar-refractivity contribution is -0.162. The van der Waals surface area contributed by atoms with Crippen LogP contribution in [0.1, 0.15) is 99.3 Å². The molecule has 4 N–H and O–H groups in total. The predicted molar refractivity (Wildman–Crippen MR) is 180 cm³/mol. The molecule has 5 fully saturated rings. The maximum Gasteiger partial charge on any atom is 0.315 e. The molecular formula is C34H56N6O7S. The Kier molecular flexibility index (Phi) is 9.66. The first-order chi connectivity index (χ1) is 22.2. The fourth-order valence-corrected chi connectivity index (χ4v) is 9.80. The van der Waals surface area contributed by atoms with E-state index in [1.165, 1.54) is 14.1 Å². The lowest BCUT2D eigenvalue weighted by Gasteiger charge is -2.48. The zero-order valence-electron chi connectivity index (χ0n) is 29.9. The summed E-state index contributed by atoms with van der Waals surface area (Å²) in [6.07, 6.45) is 6.34. The van der Waals surface area contributed by atoms with Gasteiger partial charge in [0.2, 0.25) is 33.4 Å². The van der Waals surface area contributed by atoms with Gasteiger partial charge in [-0.2, -0.15) is 0 Å². The quantitative estimate of drug-likeness (QED) is 0.177. The van der Waals surface area contributed by atoms with Crippen molar-refractivity contribution in [1.29, 1.82) is 0 Å². The van der Waals surface area contributed by atoms with E-state index in [-0.39, 0.29) is 29.0 Å². The van der Waals surface area contributed by atoms with Gasteiger partial charge in [0.05, 0.1) is 17.2 Å². The standard InChI is InChI=1S/C34H56N6O7S/c1-9-13-21-25(41)27(42)34(21,36-20-14-15-20)37-28(43)24-23-22(32(23,5)6)18-40(24)29(44)26(31(2,3)4)35-30(45)38-33(16-11-10-12-17-33)19-48(46,47)39(7)8/h20-24,26,36H,9-19H2,1-8H3,(H,37,43)(H2,35,38,45). The highest BCUT2D eigenvalue weighted by Crippen LogP contribution is 2.65. The number of nitrogens with zero attached hydrogens (tertiary/aromatic N) is 2. The van der Waals surface area contributed by atoms with Gasteiger partial charge in [-0.1, -0.05) is 67.2 Å². The van der Waals surface area contributed by atoms with Crippen LogP contribution in [0.2, 0.25) is 0 Å². The van der Waals surface area contributed by atoms with Crippen molar-refractivity contribution in [3.8, 4) is 0 Å². The Morgan fingerprint density at radius 3 is 2.19 bits per heavy atom. The Balaban J connectivity index is 1.38. The number of likely N-dealkylation sites (tertiary alicyclic amines) is 1. The van der Waals surface area contributed by atoms with Crippen molar-refractivity contribution in [3.05, 3.63) is 0 Å². The topological polar surface area (TPSA) is 174 Å². The van der Waals surface area contributed by atoms with E-state index >= 15 is 0 Å². The zero-order valence-corrected chi connectivity index (χ0v) is 30.7. The van der Waals surface area contributed by atoms with E-state index < -0.39 is 74.1 Å². The number of rotatable bonds is 12. The minimum atomic E-state index is -3.63. The molecule has 14 heteroatoms. The number of urea groups is 1. The van der Waals surface area contributed by atoms with E-state index in [2.05, 4.69) is 35.1 Å². The average Bonchev–Trinajstić information content (AvgIpc) is 3.84. The van der Waals surface area contributed by atoms with Crippen LogP contribution in [0, 0.1) is 28.6 Å². The van der Waals surface area contributed by atoms with Gasteiger partial charge in [0.15, 0.2) is 5.66 Å². The molecule has 1 heterocycles. The molecule has 0 aromatic heterocycles. The summed E-state index contributed by atoms with van der Waals surface area (Å²) in [5.41, 5.74) is -3.40. The number of sulfonamides is 1. The molecule has 0 radical (unpaired) electrons. The zero-order chi connectivity index (χ0) is 35.6. The number of hydrogen-bond donors (Lipinski definition) is 4. The van der Waals surface area contributed by atoms with Crippen LogP contribution in [0.3, 0.4) is 0 Å². The maximum absolute atomic E-state index is 14.5. The SMILES string of the molecule is CCCC1C(=O)C(=O)C1(NC(=O)C1C2C(CN1C(=O)C(NC(=O)NC1(CS(=O)(=O)N(C)C)CCCCC1)C(C)(C)C)C2(C)C)NC1CC1. The minimum Gasteiger partial charge on any atom is -0.332 e. The van der Waals surface area contributed by atoms with E-state index in [9.17, 15) is 32.4 Å². The molecule has 1 aliphatic heterocycles. The summed E-state index contributed by atoms with van der Waals surface area (Å²) in [5, 5.41) is 12.1. The monoisotopic (exact) mass is 692 g/mol. The molecule has 5 aliphatic rings. The molecule has 0 aromatic rings. The molecular weight excluding hydrogens is 636 g/mol. The van der Waals surface area contributed by atoms with Gasteiger partial charge in [-0.05, 0) is 54.8 Å². The Hall–Kier alpha value is -2.58. The smallest absolute Gasteiger partial charge is 0.315 e. The van der Waals surface area contributed by atoms with E-state index in [4.69, 9.17) is 0 Å². The fourth-order valence-electron chi connectivity index (χ4n) is 8.48. The van der Waals surface area contributed by atoms with Gasteiger partial charge < -0.3 is 20.9 Å². The molecule has 6 atom stereocenters. The molecule has 270 valence electrons. The van der Waals surface area contributed by atoms with Crippen LogP contribution in [0.4, 0.5) is 4.79 Å². The molecule has 0 bridgehead atoms. The number of carbonyl (C=O) groups excluding carboxylic acids is 5. The van der Waals surface area contributed by atoms with E-state index in [1.54, 1.807) is 4.90 Å². The Labute approximate surface area is 285 Å². The van der Waals surface area contributed by atoms with Crippen molar-refractivity contribution in [2.75, 3.05) is 26.4 Å². The van der Waals surface area contributed by atoms with E-state index in [1.807, 2.05) is 27.7 Å². The Morgan fingerprint density at radius 2 is 1.65 bits per heavy atom. The second-order valence-electron chi connectivity index (χ2n) is 16.9. The summed E-state index contributed by atoms with van der Waals surface area (Å²) in [6, 6.07) is -2.50. The van der Waals surface area contributed by atoms with E-state index in [0.29, 0.717) is 32.2 Å². The second-order valence-corrected chi connectivity index (χ2v) is 19.1. The first kappa shape index (κ1) is 36.7. The van der Waals surface area contributed by atoms with Crippen LogP contribution in [-0.4, -0.2) is 103 Å². The van der Waals surface area contributed by atoms with Crippen LogP contribution in [0.5, 0.6) is 0 Å². The lowest BCUT2D eigenvalue weighted by atomic mass is 9.67. The van der Waals surface area contributed by atoms with Gasteiger partial charge in [0.1, 0.15) is 12.1 Å². The van der Waals surface area contributed by atoms with Gasteiger partial charge in [0, 0.05) is 26.7 Å². The van der Waals surface area contributed by atoms with Crippen LogP contribution in [0.25, 0.3) is 0 Å². The molecule has 5 rings (SSSR count). The van der Waals surface area contributed by atoms with Gasteiger partial charge >= 0.3 is 6.03 Å². The molecule has 0 aromatic carbocycles. The molecule has 48 heavy (non-hydrogen) atoms. The number of amides is 4. The first-order valence-electron chi connectivity index (χ1n) is 17.7. The number of Topliss-reactive ketones (excluding diaryl/α,β-unsaturated/α-hetero) is 2. The molecule has 13 nitrogen and oxygen atoms in total. The Bertz CT molecular complexity index is 1450. The molecule has 6 unspecified atom stereocenters. The van der Waals surface area contributed by atoms with Gasteiger partial charge in [-0.25, -0.2) is 17.5 Å². The van der Waals surface area contributed by atoms with Crippen molar-refractivity contribution in [3.63, 3.8) is 0 Å². The molecule has 0 spiro atoms. The van der Waals surface area contributed by atoms with Crippen LogP contribution < -0.4 is 21.3 Å². The summed E-state index contributed by atoms with van der Waals surface area (Å²) >= 11 is 0. The van der Waals surface area contributed by atoms with E-state index in [0.717, 1.165) is 36.4 Å². The fraction of sp³-hybridized carbons (Fsp3) is 0.853. The minimum absolute atomic E-state index is 0.0429. The van der Waals surface area contributed by atoms with Crippen LogP contribution in [-0.2, 0) is 29.2 Å². The van der Waals surface area contributed by atoms with Crippen LogP contribution in [0.15, 0.2) is 0 Å². The number of hydrogen-bond acceptors (Lipinski definition) is 8. The number of ketones is 2. The summed E-state index contributed by atoms with van der Waals surface area (Å²) in [5.74, 6) is -2.98. The van der Waals surface area contributed by atoms with Crippen molar-refractivity contribution < 1.29 is 32.4 Å². The molecule has 4 amide bonds. The van der Waals surface area contributed by atoms with Crippen molar-refractivity contribution in [2.24, 2.45) is 28.6 Å². The van der Waals surface area contributed by atoms with Crippen molar-refractivity contribution >= 4 is 39.4 Å². The third-order valence-corrected chi connectivity index (χ3v) is 13.7. The number of carbonyl (C=O) groups is 5. The number of nitrogens with one attached hydrogen (secondary N) is 4. The molecule has 4 saturated carbocycles. The summed E-state index contributed by atoms with van der Waals surface area (Å²) in [6.45, 7) is 11.9. The highest BCUT2D eigenvalue weighted by Gasteiger charge is 2.71. The van der Waals surface area contributed by atoms with Gasteiger partial charge in [-0.15, -0.1) is 0 Å². The highest BCUT2D eigenvalue weighted by molar-refractivity contribution is 7.89. The largest absolute Gasteiger partial charge is 0.332 e. The van der Waals surface area contributed by atoms with Crippen molar-refractivity contribution in [2.45, 2.75) is 129 Å². The van der Waals surface area contributed by atoms with Gasteiger partial charge in [0.25, 0.3) is 0 Å². The summed E-state index contributed by atoms with van der Waals surface area (Å²) in [4.78, 5) is 69.9.